The summed E-state index contributed by atoms with van der Waals surface area (Å²) >= 11 is 0. The Hall–Kier alpha value is -1.74. The molecule has 1 atom stereocenters. The van der Waals surface area contributed by atoms with Gasteiger partial charge in [0, 0.05) is 30.5 Å². The molecule has 0 radical (unpaired) electrons. The number of nitrogens with zero attached hydrogens (tertiary/aromatic N) is 1. The van der Waals surface area contributed by atoms with Crippen molar-refractivity contribution in [2.45, 2.75) is 13.0 Å². The molecule has 1 unspecified atom stereocenters. The summed E-state index contributed by atoms with van der Waals surface area (Å²) in [6.07, 6.45) is 2.91. The Balaban J connectivity index is 2.56. The van der Waals surface area contributed by atoms with Gasteiger partial charge in [0.1, 0.15) is 6.10 Å². The molecule has 1 aromatic carbocycles. The molecule has 0 N–H and O–H groups in total. The van der Waals surface area contributed by atoms with Gasteiger partial charge in [-0.25, -0.2) is 0 Å². The summed E-state index contributed by atoms with van der Waals surface area (Å²) in [5, 5.41) is 1.89. The predicted molar refractivity (Wildman–Crippen MR) is 62.5 cm³/mol. The Morgan fingerprint density at radius 3 is 2.81 bits per heavy atom. The maximum atomic E-state index is 12.0. The molecule has 3 nitrogen and oxygen atoms in total. The van der Waals surface area contributed by atoms with Crippen LogP contribution in [-0.4, -0.2) is 24.0 Å². The number of hydrogen-bond acceptors (Lipinski definition) is 3. The van der Waals surface area contributed by atoms with Crippen LogP contribution in [0.15, 0.2) is 36.7 Å². The molecular formula is C13H13NO2. The molecule has 0 saturated heterocycles. The summed E-state index contributed by atoms with van der Waals surface area (Å²) in [6, 6.07) is 7.71. The van der Waals surface area contributed by atoms with Crippen molar-refractivity contribution in [2.75, 3.05) is 7.11 Å². The quantitative estimate of drug-likeness (QED) is 0.738. The zero-order chi connectivity index (χ0) is 11.5. The van der Waals surface area contributed by atoms with E-state index in [1.807, 2.05) is 24.3 Å². The van der Waals surface area contributed by atoms with Crippen molar-refractivity contribution in [3.05, 3.63) is 42.2 Å². The zero-order valence-corrected chi connectivity index (χ0v) is 9.31. The summed E-state index contributed by atoms with van der Waals surface area (Å²) in [4.78, 5) is 16.1. The third kappa shape index (κ3) is 1.82. The van der Waals surface area contributed by atoms with Crippen molar-refractivity contribution in [3.63, 3.8) is 0 Å². The van der Waals surface area contributed by atoms with Crippen molar-refractivity contribution in [1.29, 1.82) is 0 Å². The largest absolute Gasteiger partial charge is 0.374 e. The first kappa shape index (κ1) is 10.8. The molecular weight excluding hydrogens is 202 g/mol. The zero-order valence-electron chi connectivity index (χ0n) is 9.31. The highest BCUT2D eigenvalue weighted by Gasteiger charge is 2.16. The minimum absolute atomic E-state index is 0.0354. The van der Waals surface area contributed by atoms with Crippen molar-refractivity contribution >= 4 is 16.6 Å². The molecule has 0 fully saturated rings. The number of carbonyl (C=O) groups is 1. The maximum absolute atomic E-state index is 12.0. The number of benzene rings is 1. The molecule has 0 spiro atoms. The fourth-order valence-electron chi connectivity index (χ4n) is 1.64. The number of Topliss-reactive ketones (excluding diaryl/α,β-unsaturated/α-hetero) is 1. The van der Waals surface area contributed by atoms with E-state index in [9.17, 15) is 4.79 Å². The lowest BCUT2D eigenvalue weighted by molar-refractivity contribution is 0.0657. The first-order valence-corrected chi connectivity index (χ1v) is 5.14. The van der Waals surface area contributed by atoms with Crippen LogP contribution in [0.3, 0.4) is 0 Å². The molecule has 2 rings (SSSR count). The van der Waals surface area contributed by atoms with Crippen molar-refractivity contribution < 1.29 is 9.53 Å². The molecule has 1 heterocycles. The number of hydrogen-bond donors (Lipinski definition) is 0. The second-order valence-corrected chi connectivity index (χ2v) is 3.65. The minimum atomic E-state index is -0.437. The number of pyridine rings is 1. The van der Waals surface area contributed by atoms with Crippen molar-refractivity contribution in [3.8, 4) is 0 Å². The van der Waals surface area contributed by atoms with Gasteiger partial charge < -0.3 is 4.74 Å². The molecule has 1 aromatic heterocycles. The minimum Gasteiger partial charge on any atom is -0.374 e. The SMILES string of the molecule is COC(C)C(=O)c1cncc2ccccc12. The van der Waals surface area contributed by atoms with Gasteiger partial charge in [0.25, 0.3) is 0 Å². The molecule has 16 heavy (non-hydrogen) atoms. The van der Waals surface area contributed by atoms with Crippen LogP contribution in [0, 0.1) is 0 Å². The molecule has 0 bridgehead atoms. The van der Waals surface area contributed by atoms with E-state index in [1.54, 1.807) is 19.3 Å². The molecule has 0 saturated carbocycles. The summed E-state index contributed by atoms with van der Waals surface area (Å²) in [7, 11) is 1.53. The molecule has 0 amide bonds. The number of carbonyl (C=O) groups excluding carboxylic acids is 1. The van der Waals surface area contributed by atoms with Gasteiger partial charge in [-0.2, -0.15) is 0 Å². The van der Waals surface area contributed by atoms with Gasteiger partial charge in [-0.15, -0.1) is 0 Å². The third-order valence-electron chi connectivity index (χ3n) is 2.66. The smallest absolute Gasteiger partial charge is 0.193 e. The number of aromatic nitrogens is 1. The summed E-state index contributed by atoms with van der Waals surface area (Å²) in [5.74, 6) is -0.0354. The van der Waals surface area contributed by atoms with Gasteiger partial charge in [-0.3, -0.25) is 9.78 Å². The fraction of sp³-hybridized carbons (Fsp3) is 0.231. The monoisotopic (exact) mass is 215 g/mol. The lowest BCUT2D eigenvalue weighted by atomic mass is 10.0. The molecule has 82 valence electrons. The van der Waals surface area contributed by atoms with Crippen LogP contribution in [0.4, 0.5) is 0 Å². The van der Waals surface area contributed by atoms with Crippen LogP contribution in [0.5, 0.6) is 0 Å². The summed E-state index contributed by atoms with van der Waals surface area (Å²) in [5.41, 5.74) is 0.618. The lowest BCUT2D eigenvalue weighted by Crippen LogP contribution is -2.19. The van der Waals surface area contributed by atoms with Crippen LogP contribution in [0.25, 0.3) is 10.8 Å². The van der Waals surface area contributed by atoms with Gasteiger partial charge in [0.2, 0.25) is 0 Å². The van der Waals surface area contributed by atoms with Crippen LogP contribution in [-0.2, 0) is 4.74 Å². The first-order valence-electron chi connectivity index (χ1n) is 5.14. The number of ether oxygens (including phenoxy) is 1. The van der Waals surface area contributed by atoms with Crippen molar-refractivity contribution in [2.24, 2.45) is 0 Å². The van der Waals surface area contributed by atoms with Gasteiger partial charge in [-0.05, 0) is 12.3 Å². The van der Waals surface area contributed by atoms with E-state index in [2.05, 4.69) is 4.98 Å². The van der Waals surface area contributed by atoms with Crippen LogP contribution in [0.1, 0.15) is 17.3 Å². The van der Waals surface area contributed by atoms with Gasteiger partial charge in [0.15, 0.2) is 5.78 Å². The highest BCUT2D eigenvalue weighted by Crippen LogP contribution is 2.18. The van der Waals surface area contributed by atoms with E-state index in [4.69, 9.17) is 4.74 Å². The highest BCUT2D eigenvalue weighted by atomic mass is 16.5. The fourth-order valence-corrected chi connectivity index (χ4v) is 1.64. The number of ketones is 1. The molecule has 3 heteroatoms. The summed E-state index contributed by atoms with van der Waals surface area (Å²) in [6.45, 7) is 1.74. The number of fused-ring (bicyclic) bond motifs is 1. The molecule has 2 aromatic rings. The van der Waals surface area contributed by atoms with Gasteiger partial charge in [0.05, 0.1) is 0 Å². The second-order valence-electron chi connectivity index (χ2n) is 3.65. The maximum Gasteiger partial charge on any atom is 0.193 e. The van der Waals surface area contributed by atoms with Crippen molar-refractivity contribution in [1.82, 2.24) is 4.98 Å². The summed E-state index contributed by atoms with van der Waals surface area (Å²) < 4.78 is 5.04. The number of methoxy groups -OCH3 is 1. The van der Waals surface area contributed by atoms with Gasteiger partial charge in [-0.1, -0.05) is 24.3 Å². The Labute approximate surface area is 94.1 Å². The Kier molecular flexibility index (Phi) is 2.97. The highest BCUT2D eigenvalue weighted by molar-refractivity contribution is 6.09. The van der Waals surface area contributed by atoms with E-state index in [0.717, 1.165) is 10.8 Å². The lowest BCUT2D eigenvalue weighted by Gasteiger charge is -2.09. The van der Waals surface area contributed by atoms with E-state index >= 15 is 0 Å². The normalized spacial score (nSPS) is 12.6. The van der Waals surface area contributed by atoms with E-state index < -0.39 is 6.10 Å². The molecule has 0 aliphatic heterocycles. The van der Waals surface area contributed by atoms with Crippen LogP contribution >= 0.6 is 0 Å². The van der Waals surface area contributed by atoms with Crippen LogP contribution < -0.4 is 0 Å². The molecule has 0 aliphatic carbocycles. The standard InChI is InChI=1S/C13H13NO2/c1-9(16-2)13(15)12-8-14-7-10-5-3-4-6-11(10)12/h3-9H,1-2H3. The Morgan fingerprint density at radius 2 is 2.06 bits per heavy atom. The average Bonchev–Trinajstić information content (AvgIpc) is 2.36. The van der Waals surface area contributed by atoms with E-state index in [0.29, 0.717) is 5.56 Å². The Bertz CT molecular complexity index is 517. The number of rotatable bonds is 3. The predicted octanol–water partition coefficient (Wildman–Crippen LogP) is 2.45. The van der Waals surface area contributed by atoms with Gasteiger partial charge >= 0.3 is 0 Å². The van der Waals surface area contributed by atoms with E-state index in [1.165, 1.54) is 7.11 Å². The Morgan fingerprint density at radius 1 is 1.31 bits per heavy atom. The topological polar surface area (TPSA) is 39.2 Å². The second kappa shape index (κ2) is 4.41. The van der Waals surface area contributed by atoms with E-state index in [-0.39, 0.29) is 5.78 Å². The third-order valence-corrected chi connectivity index (χ3v) is 2.66. The first-order chi connectivity index (χ1) is 7.74. The van der Waals surface area contributed by atoms with Crippen LogP contribution in [0.2, 0.25) is 0 Å². The average molecular weight is 215 g/mol. The molecule has 0 aliphatic rings.